The molecule has 0 rings (SSSR count). The summed E-state index contributed by atoms with van der Waals surface area (Å²) in [5, 5.41) is 0. The summed E-state index contributed by atoms with van der Waals surface area (Å²) in [6.07, 6.45) is 60.9. The van der Waals surface area contributed by atoms with E-state index >= 15 is 0 Å². The first-order valence-electron chi connectivity index (χ1n) is 32.1. The number of hydrogen-bond donors (Lipinski definition) is 0. The monoisotopic (exact) mass is 1000 g/mol. The molecule has 0 saturated carbocycles. The first-order chi connectivity index (χ1) is 34.6. The lowest BCUT2D eigenvalue weighted by Gasteiger charge is -2.18. The molecule has 0 aromatic carbocycles. The average Bonchev–Trinajstić information content (AvgIpc) is 3.35. The van der Waals surface area contributed by atoms with Gasteiger partial charge in [0.1, 0.15) is 13.2 Å². The number of ether oxygens (including phenoxy) is 3. The molecule has 0 aromatic heterocycles. The van der Waals surface area contributed by atoms with E-state index in [2.05, 4.69) is 41.5 Å². The van der Waals surface area contributed by atoms with Gasteiger partial charge in [-0.25, -0.2) is 0 Å². The Balaban J connectivity index is 4.30. The van der Waals surface area contributed by atoms with Gasteiger partial charge in [-0.3, -0.25) is 14.4 Å². The van der Waals surface area contributed by atoms with Gasteiger partial charge in [-0.1, -0.05) is 324 Å². The van der Waals surface area contributed by atoms with Crippen LogP contribution in [0.1, 0.15) is 363 Å². The fourth-order valence-corrected chi connectivity index (χ4v) is 10.0. The largest absolute Gasteiger partial charge is 0.462 e. The van der Waals surface area contributed by atoms with Gasteiger partial charge >= 0.3 is 17.9 Å². The Hall–Kier alpha value is -1.59. The second-order valence-electron chi connectivity index (χ2n) is 23.6. The first kappa shape index (κ1) is 69.4. The lowest BCUT2D eigenvalue weighted by molar-refractivity contribution is -0.167. The van der Waals surface area contributed by atoms with Crippen molar-refractivity contribution < 1.29 is 28.6 Å². The molecule has 6 nitrogen and oxygen atoms in total. The third-order valence-corrected chi connectivity index (χ3v) is 15.3. The molecule has 0 aliphatic carbocycles. The summed E-state index contributed by atoms with van der Waals surface area (Å²) in [6, 6.07) is 0. The SMILES string of the molecule is CCC(C)CCCCCCCCCCCCCCCCC(=O)O[C@@H](COC(=O)CCCCCCCCCCCCCCCCCC(C)C)COC(=O)CCCCCCCCCCCCCCCCC(C)C. The van der Waals surface area contributed by atoms with Crippen molar-refractivity contribution in [3.63, 3.8) is 0 Å². The standard InChI is InChI=1S/C65H126O6/c1-7-61(6)53-47-41-35-29-23-17-12-14-20-26-32-38-44-50-56-65(68)71-62(58-70-64(67)55-49-43-37-31-25-19-13-11-16-22-28-34-40-46-52-60(4)5)57-69-63(66)54-48-42-36-30-24-18-10-8-9-15-21-27-33-39-45-51-59(2)3/h59-62H,7-58H2,1-6H3/t61?,62-/m0/s1. The van der Waals surface area contributed by atoms with Crippen LogP contribution in [0.15, 0.2) is 0 Å². The molecule has 0 fully saturated rings. The van der Waals surface area contributed by atoms with Crippen LogP contribution in [-0.2, 0) is 28.6 Å². The molecular weight excluding hydrogens is 877 g/mol. The van der Waals surface area contributed by atoms with Crippen molar-refractivity contribution in [1.82, 2.24) is 0 Å². The Bertz CT molecular complexity index is 1100. The third-order valence-electron chi connectivity index (χ3n) is 15.3. The van der Waals surface area contributed by atoms with E-state index in [4.69, 9.17) is 14.2 Å². The number of rotatable bonds is 58. The normalized spacial score (nSPS) is 12.5. The minimum Gasteiger partial charge on any atom is -0.462 e. The zero-order valence-corrected chi connectivity index (χ0v) is 49.0. The van der Waals surface area contributed by atoms with Gasteiger partial charge < -0.3 is 14.2 Å². The van der Waals surface area contributed by atoms with E-state index in [1.54, 1.807) is 0 Å². The van der Waals surface area contributed by atoms with Gasteiger partial charge in [0.05, 0.1) is 0 Å². The molecule has 2 atom stereocenters. The quantitative estimate of drug-likeness (QED) is 0.0343. The predicted octanol–water partition coefficient (Wildman–Crippen LogP) is 21.5. The van der Waals surface area contributed by atoms with Gasteiger partial charge in [0.15, 0.2) is 6.10 Å². The third kappa shape index (κ3) is 57.5. The zero-order chi connectivity index (χ0) is 51.9. The van der Waals surface area contributed by atoms with Crippen molar-refractivity contribution in [1.29, 1.82) is 0 Å². The van der Waals surface area contributed by atoms with Crippen LogP contribution in [0.25, 0.3) is 0 Å². The molecule has 1 unspecified atom stereocenters. The van der Waals surface area contributed by atoms with Crippen LogP contribution >= 0.6 is 0 Å². The highest BCUT2D eigenvalue weighted by atomic mass is 16.6. The van der Waals surface area contributed by atoms with Gasteiger partial charge in [-0.15, -0.1) is 0 Å². The maximum Gasteiger partial charge on any atom is 0.306 e. The van der Waals surface area contributed by atoms with Crippen molar-refractivity contribution >= 4 is 17.9 Å². The summed E-state index contributed by atoms with van der Waals surface area (Å²) in [7, 11) is 0. The van der Waals surface area contributed by atoms with Crippen LogP contribution in [0.4, 0.5) is 0 Å². The Morgan fingerprint density at radius 3 is 0.732 bits per heavy atom. The van der Waals surface area contributed by atoms with E-state index in [1.807, 2.05) is 0 Å². The summed E-state index contributed by atoms with van der Waals surface area (Å²) in [5.41, 5.74) is 0. The smallest absolute Gasteiger partial charge is 0.306 e. The molecule has 0 aromatic rings. The van der Waals surface area contributed by atoms with Gasteiger partial charge in [0.25, 0.3) is 0 Å². The van der Waals surface area contributed by atoms with E-state index < -0.39 is 6.10 Å². The number of hydrogen-bond acceptors (Lipinski definition) is 6. The molecule has 0 spiro atoms. The Kier molecular flexibility index (Phi) is 54.9. The van der Waals surface area contributed by atoms with Crippen LogP contribution in [0.3, 0.4) is 0 Å². The number of carbonyl (C=O) groups excluding carboxylic acids is 3. The molecule has 0 heterocycles. The highest BCUT2D eigenvalue weighted by Crippen LogP contribution is 2.19. The number of esters is 3. The molecule has 422 valence electrons. The van der Waals surface area contributed by atoms with E-state index in [1.165, 1.54) is 244 Å². The van der Waals surface area contributed by atoms with Gasteiger partial charge in [-0.05, 0) is 37.0 Å². The van der Waals surface area contributed by atoms with Crippen LogP contribution < -0.4 is 0 Å². The molecule has 0 N–H and O–H groups in total. The zero-order valence-electron chi connectivity index (χ0n) is 49.0. The lowest BCUT2D eigenvalue weighted by atomic mass is 9.99. The fourth-order valence-electron chi connectivity index (χ4n) is 10.0. The van der Waals surface area contributed by atoms with E-state index in [9.17, 15) is 14.4 Å². The molecule has 0 aliphatic heterocycles. The average molecular weight is 1000 g/mol. The maximum absolute atomic E-state index is 12.9. The van der Waals surface area contributed by atoms with Crippen molar-refractivity contribution in [3.05, 3.63) is 0 Å². The van der Waals surface area contributed by atoms with E-state index in [0.717, 1.165) is 75.5 Å². The molecule has 71 heavy (non-hydrogen) atoms. The van der Waals surface area contributed by atoms with Crippen LogP contribution in [0.5, 0.6) is 0 Å². The van der Waals surface area contributed by atoms with Crippen molar-refractivity contribution in [2.75, 3.05) is 13.2 Å². The molecule has 0 amide bonds. The topological polar surface area (TPSA) is 78.9 Å². The van der Waals surface area contributed by atoms with E-state index in [0.29, 0.717) is 19.3 Å². The summed E-state index contributed by atoms with van der Waals surface area (Å²) in [6.45, 7) is 13.8. The maximum atomic E-state index is 12.9. The molecule has 6 heteroatoms. The van der Waals surface area contributed by atoms with Gasteiger partial charge in [0.2, 0.25) is 0 Å². The second kappa shape index (κ2) is 56.1. The highest BCUT2D eigenvalue weighted by Gasteiger charge is 2.19. The Labute approximate surface area is 444 Å². The van der Waals surface area contributed by atoms with E-state index in [-0.39, 0.29) is 31.1 Å². The van der Waals surface area contributed by atoms with Crippen LogP contribution in [0, 0.1) is 17.8 Å². The molecule has 0 radical (unpaired) electrons. The van der Waals surface area contributed by atoms with Crippen LogP contribution in [-0.4, -0.2) is 37.2 Å². The molecule has 0 bridgehead atoms. The number of carbonyl (C=O) groups is 3. The van der Waals surface area contributed by atoms with Crippen molar-refractivity contribution in [2.45, 2.75) is 369 Å². The minimum atomic E-state index is -0.765. The molecule has 0 aliphatic rings. The second-order valence-corrected chi connectivity index (χ2v) is 23.6. The lowest BCUT2D eigenvalue weighted by Crippen LogP contribution is -2.30. The predicted molar refractivity (Wildman–Crippen MR) is 307 cm³/mol. The molecule has 0 saturated heterocycles. The Morgan fingerprint density at radius 1 is 0.282 bits per heavy atom. The highest BCUT2D eigenvalue weighted by molar-refractivity contribution is 5.71. The van der Waals surface area contributed by atoms with Crippen LogP contribution in [0.2, 0.25) is 0 Å². The summed E-state index contributed by atoms with van der Waals surface area (Å²) >= 11 is 0. The number of unbranched alkanes of at least 4 members (excludes halogenated alkanes) is 40. The summed E-state index contributed by atoms with van der Waals surface area (Å²) in [4.78, 5) is 38.3. The van der Waals surface area contributed by atoms with Crippen molar-refractivity contribution in [2.24, 2.45) is 17.8 Å². The fraction of sp³-hybridized carbons (Fsp3) is 0.954. The Morgan fingerprint density at radius 2 is 0.493 bits per heavy atom. The summed E-state index contributed by atoms with van der Waals surface area (Å²) in [5.74, 6) is 1.75. The van der Waals surface area contributed by atoms with Crippen molar-refractivity contribution in [3.8, 4) is 0 Å². The molecular formula is C65H126O6. The summed E-state index contributed by atoms with van der Waals surface area (Å²) < 4.78 is 17.0. The van der Waals surface area contributed by atoms with Gasteiger partial charge in [-0.2, -0.15) is 0 Å². The van der Waals surface area contributed by atoms with Gasteiger partial charge in [0, 0.05) is 19.3 Å². The first-order valence-corrected chi connectivity index (χ1v) is 32.1. The minimum absolute atomic E-state index is 0.0625.